The molecule has 1 amide bonds. The Hall–Kier alpha value is -1.62. The average Bonchev–Trinajstić information content (AvgIpc) is 2.39. The van der Waals surface area contributed by atoms with Crippen LogP contribution in [-0.4, -0.2) is 24.0 Å². The predicted octanol–water partition coefficient (Wildman–Crippen LogP) is 2.18. The topological polar surface area (TPSA) is 77.2 Å². The van der Waals surface area contributed by atoms with E-state index in [0.717, 1.165) is 12.8 Å². The molecule has 19 heavy (non-hydrogen) atoms. The van der Waals surface area contributed by atoms with Crippen LogP contribution in [0.15, 0.2) is 18.3 Å². The minimum Gasteiger partial charge on any atom is -0.476 e. The van der Waals surface area contributed by atoms with Crippen molar-refractivity contribution in [2.45, 2.75) is 33.1 Å². The third kappa shape index (κ3) is 5.70. The third-order valence-corrected chi connectivity index (χ3v) is 2.85. The number of anilines is 1. The van der Waals surface area contributed by atoms with Crippen molar-refractivity contribution < 1.29 is 9.53 Å². The molecule has 1 aromatic heterocycles. The third-order valence-electron chi connectivity index (χ3n) is 2.85. The molecule has 1 atom stereocenters. The van der Waals surface area contributed by atoms with Gasteiger partial charge in [0.05, 0.1) is 6.61 Å². The standard InChI is InChI=1S/C14H23N3O2/c1-3-19-14-12(5-4-10-16-14)17-13(18)7-6-11(2)8-9-15/h4-5,10-11H,3,6-9,15H2,1-2H3,(H,17,18). The van der Waals surface area contributed by atoms with E-state index in [1.165, 1.54) is 0 Å². The van der Waals surface area contributed by atoms with Gasteiger partial charge in [0.25, 0.3) is 0 Å². The number of hydrogen-bond acceptors (Lipinski definition) is 4. The van der Waals surface area contributed by atoms with Crippen LogP contribution in [0, 0.1) is 5.92 Å². The van der Waals surface area contributed by atoms with E-state index < -0.39 is 0 Å². The Morgan fingerprint density at radius 3 is 3.00 bits per heavy atom. The van der Waals surface area contributed by atoms with Gasteiger partial charge in [0.2, 0.25) is 11.8 Å². The van der Waals surface area contributed by atoms with Crippen LogP contribution in [0.25, 0.3) is 0 Å². The zero-order valence-corrected chi connectivity index (χ0v) is 11.7. The molecule has 0 bridgehead atoms. The fourth-order valence-corrected chi connectivity index (χ4v) is 1.76. The van der Waals surface area contributed by atoms with Crippen LogP contribution in [0.4, 0.5) is 5.69 Å². The number of nitrogens with zero attached hydrogens (tertiary/aromatic N) is 1. The Balaban J connectivity index is 2.48. The molecule has 0 aliphatic carbocycles. The molecule has 3 N–H and O–H groups in total. The number of carbonyl (C=O) groups is 1. The summed E-state index contributed by atoms with van der Waals surface area (Å²) in [5, 5.41) is 2.84. The number of hydrogen-bond donors (Lipinski definition) is 2. The lowest BCUT2D eigenvalue weighted by Crippen LogP contribution is -2.15. The maximum atomic E-state index is 11.9. The molecule has 5 heteroatoms. The quantitative estimate of drug-likeness (QED) is 0.755. The molecule has 1 heterocycles. The van der Waals surface area contributed by atoms with Crippen LogP contribution in [-0.2, 0) is 4.79 Å². The van der Waals surface area contributed by atoms with E-state index in [9.17, 15) is 4.79 Å². The summed E-state index contributed by atoms with van der Waals surface area (Å²) < 4.78 is 5.36. The zero-order valence-electron chi connectivity index (χ0n) is 11.7. The molecule has 1 aromatic rings. The SMILES string of the molecule is CCOc1ncccc1NC(=O)CCC(C)CCN. The summed E-state index contributed by atoms with van der Waals surface area (Å²) >= 11 is 0. The van der Waals surface area contributed by atoms with Crippen molar-refractivity contribution in [3.05, 3.63) is 18.3 Å². The normalized spacial score (nSPS) is 11.9. The van der Waals surface area contributed by atoms with E-state index in [0.29, 0.717) is 37.1 Å². The summed E-state index contributed by atoms with van der Waals surface area (Å²) in [5.41, 5.74) is 6.11. The molecule has 0 aliphatic rings. The highest BCUT2D eigenvalue weighted by atomic mass is 16.5. The first kappa shape index (κ1) is 15.4. The monoisotopic (exact) mass is 265 g/mol. The molecule has 0 saturated carbocycles. The van der Waals surface area contributed by atoms with E-state index in [1.54, 1.807) is 18.3 Å². The maximum Gasteiger partial charge on any atom is 0.237 e. The fraction of sp³-hybridized carbons (Fsp3) is 0.571. The van der Waals surface area contributed by atoms with Crippen molar-refractivity contribution >= 4 is 11.6 Å². The highest BCUT2D eigenvalue weighted by molar-refractivity contribution is 5.91. The van der Waals surface area contributed by atoms with Crippen molar-refractivity contribution in [2.24, 2.45) is 11.7 Å². The van der Waals surface area contributed by atoms with Crippen LogP contribution in [0.3, 0.4) is 0 Å². The van der Waals surface area contributed by atoms with E-state index in [4.69, 9.17) is 10.5 Å². The van der Waals surface area contributed by atoms with Crippen molar-refractivity contribution in [3.63, 3.8) is 0 Å². The van der Waals surface area contributed by atoms with Gasteiger partial charge in [-0.25, -0.2) is 4.98 Å². The summed E-state index contributed by atoms with van der Waals surface area (Å²) in [7, 11) is 0. The maximum absolute atomic E-state index is 11.9. The Bertz CT molecular complexity index is 396. The van der Waals surface area contributed by atoms with Gasteiger partial charge in [-0.1, -0.05) is 6.92 Å². The van der Waals surface area contributed by atoms with Gasteiger partial charge >= 0.3 is 0 Å². The first-order valence-corrected chi connectivity index (χ1v) is 6.75. The molecule has 0 radical (unpaired) electrons. The van der Waals surface area contributed by atoms with E-state index >= 15 is 0 Å². The van der Waals surface area contributed by atoms with Crippen LogP contribution in [0.2, 0.25) is 0 Å². The molecule has 0 aliphatic heterocycles. The van der Waals surface area contributed by atoms with Gasteiger partial charge in [-0.3, -0.25) is 4.79 Å². The molecule has 0 saturated heterocycles. The number of nitrogens with two attached hydrogens (primary N) is 1. The van der Waals surface area contributed by atoms with Gasteiger partial charge in [-0.2, -0.15) is 0 Å². The first-order chi connectivity index (χ1) is 9.17. The van der Waals surface area contributed by atoms with Crippen LogP contribution in [0.5, 0.6) is 5.88 Å². The number of rotatable bonds is 8. The Morgan fingerprint density at radius 1 is 1.53 bits per heavy atom. The summed E-state index contributed by atoms with van der Waals surface area (Å²) in [6, 6.07) is 3.56. The molecule has 5 nitrogen and oxygen atoms in total. The Kier molecular flexibility index (Phi) is 6.89. The predicted molar refractivity (Wildman–Crippen MR) is 76.1 cm³/mol. The highest BCUT2D eigenvalue weighted by Crippen LogP contribution is 2.21. The summed E-state index contributed by atoms with van der Waals surface area (Å²) in [6.45, 7) is 5.18. The van der Waals surface area contributed by atoms with Gasteiger partial charge in [0.1, 0.15) is 5.69 Å². The smallest absolute Gasteiger partial charge is 0.237 e. The highest BCUT2D eigenvalue weighted by Gasteiger charge is 2.10. The summed E-state index contributed by atoms with van der Waals surface area (Å²) in [5.74, 6) is 0.919. The second-order valence-corrected chi connectivity index (χ2v) is 4.56. The fourth-order valence-electron chi connectivity index (χ4n) is 1.76. The van der Waals surface area contributed by atoms with E-state index in [2.05, 4.69) is 17.2 Å². The minimum atomic E-state index is -0.0159. The van der Waals surface area contributed by atoms with Gasteiger partial charge in [0, 0.05) is 12.6 Å². The van der Waals surface area contributed by atoms with Crippen LogP contribution >= 0.6 is 0 Å². The van der Waals surface area contributed by atoms with Crippen molar-refractivity contribution in [2.75, 3.05) is 18.5 Å². The molecule has 106 valence electrons. The molecule has 1 unspecified atom stereocenters. The van der Waals surface area contributed by atoms with Crippen molar-refractivity contribution in [1.29, 1.82) is 0 Å². The van der Waals surface area contributed by atoms with Crippen molar-refractivity contribution in [3.8, 4) is 5.88 Å². The van der Waals surface area contributed by atoms with Gasteiger partial charge in [-0.05, 0) is 44.4 Å². The first-order valence-electron chi connectivity index (χ1n) is 6.75. The molecule has 0 aromatic carbocycles. The number of aromatic nitrogens is 1. The molecular formula is C14H23N3O2. The Labute approximate surface area is 114 Å². The lowest BCUT2D eigenvalue weighted by molar-refractivity contribution is -0.116. The van der Waals surface area contributed by atoms with E-state index in [-0.39, 0.29) is 5.91 Å². The number of ether oxygens (including phenoxy) is 1. The molecule has 0 spiro atoms. The molecule has 0 fully saturated rings. The second kappa shape index (κ2) is 8.48. The number of pyridine rings is 1. The summed E-state index contributed by atoms with van der Waals surface area (Å²) in [6.07, 6.45) is 3.92. The van der Waals surface area contributed by atoms with Crippen molar-refractivity contribution in [1.82, 2.24) is 4.98 Å². The van der Waals surface area contributed by atoms with Gasteiger partial charge < -0.3 is 15.8 Å². The van der Waals surface area contributed by atoms with Crippen LogP contribution < -0.4 is 15.8 Å². The number of amides is 1. The van der Waals surface area contributed by atoms with E-state index in [1.807, 2.05) is 6.92 Å². The number of carbonyl (C=O) groups excluding carboxylic acids is 1. The Morgan fingerprint density at radius 2 is 2.32 bits per heavy atom. The molecular weight excluding hydrogens is 242 g/mol. The van der Waals surface area contributed by atoms with Gasteiger partial charge in [0.15, 0.2) is 0 Å². The average molecular weight is 265 g/mol. The number of nitrogens with one attached hydrogen (secondary N) is 1. The van der Waals surface area contributed by atoms with Gasteiger partial charge in [-0.15, -0.1) is 0 Å². The second-order valence-electron chi connectivity index (χ2n) is 4.56. The summed E-state index contributed by atoms with van der Waals surface area (Å²) in [4.78, 5) is 15.9. The lowest BCUT2D eigenvalue weighted by atomic mass is 10.0. The van der Waals surface area contributed by atoms with Crippen LogP contribution in [0.1, 0.15) is 33.1 Å². The zero-order chi connectivity index (χ0) is 14.1. The molecule has 1 rings (SSSR count). The minimum absolute atomic E-state index is 0.0159. The lowest BCUT2D eigenvalue weighted by Gasteiger charge is -2.12. The largest absolute Gasteiger partial charge is 0.476 e.